The minimum Gasteiger partial charge on any atom is -0.329 e. The van der Waals surface area contributed by atoms with E-state index in [1.54, 1.807) is 21.7 Å². The summed E-state index contributed by atoms with van der Waals surface area (Å²) in [6.07, 6.45) is 0.765. The number of carbonyl (C=O) groups excluding carboxylic acids is 2. The van der Waals surface area contributed by atoms with Gasteiger partial charge < -0.3 is 10.2 Å². The van der Waals surface area contributed by atoms with Gasteiger partial charge in [0, 0.05) is 23.6 Å². The number of carbonyl (C=O) groups is 2. The Morgan fingerprint density at radius 1 is 1.03 bits per heavy atom. The Balaban J connectivity index is 1.86. The third-order valence-corrected chi connectivity index (χ3v) is 5.22. The molecule has 1 N–H and O–H groups in total. The topological polar surface area (TPSA) is 67.2 Å². The van der Waals surface area contributed by atoms with Gasteiger partial charge in [-0.05, 0) is 37.1 Å². The molecule has 2 aromatic carbocycles. The number of rotatable bonds is 7. The summed E-state index contributed by atoms with van der Waals surface area (Å²) in [7, 11) is 0. The highest BCUT2D eigenvalue weighted by Gasteiger charge is 2.23. The number of aryl methyl sites for hydroxylation is 1. The van der Waals surface area contributed by atoms with Crippen molar-refractivity contribution in [2.45, 2.75) is 46.5 Å². The van der Waals surface area contributed by atoms with Crippen molar-refractivity contribution in [1.29, 1.82) is 0 Å². The molecular formula is C26H32N4O2. The van der Waals surface area contributed by atoms with Gasteiger partial charge in [0.2, 0.25) is 5.91 Å². The van der Waals surface area contributed by atoms with Gasteiger partial charge in [0.1, 0.15) is 12.4 Å². The van der Waals surface area contributed by atoms with Gasteiger partial charge in [-0.2, -0.15) is 5.10 Å². The summed E-state index contributed by atoms with van der Waals surface area (Å²) >= 11 is 0. The van der Waals surface area contributed by atoms with E-state index in [1.807, 2.05) is 62.4 Å². The summed E-state index contributed by atoms with van der Waals surface area (Å²) in [6, 6.07) is 18.9. The number of nitrogens with zero attached hydrogens (tertiary/aromatic N) is 3. The molecule has 0 saturated carbocycles. The average Bonchev–Trinajstić information content (AvgIpc) is 3.18. The van der Waals surface area contributed by atoms with Crippen molar-refractivity contribution in [3.05, 3.63) is 77.5 Å². The summed E-state index contributed by atoms with van der Waals surface area (Å²) in [5.74, 6) is 0.196. The molecule has 6 heteroatoms. The number of benzene rings is 2. The van der Waals surface area contributed by atoms with Crippen LogP contribution in [0.15, 0.2) is 60.7 Å². The predicted octanol–water partition coefficient (Wildman–Crippen LogP) is 4.97. The van der Waals surface area contributed by atoms with Gasteiger partial charge in [-0.25, -0.2) is 4.68 Å². The molecule has 0 fully saturated rings. The maximum absolute atomic E-state index is 13.0. The lowest BCUT2D eigenvalue weighted by Crippen LogP contribution is -2.38. The molecule has 3 aromatic rings. The number of para-hydroxylation sites is 1. The van der Waals surface area contributed by atoms with Gasteiger partial charge in [-0.1, -0.05) is 64.1 Å². The van der Waals surface area contributed by atoms with Crippen molar-refractivity contribution in [2.75, 3.05) is 18.4 Å². The Hall–Kier alpha value is -3.41. The van der Waals surface area contributed by atoms with Gasteiger partial charge in [-0.3, -0.25) is 9.59 Å². The predicted molar refractivity (Wildman–Crippen MR) is 128 cm³/mol. The quantitative estimate of drug-likeness (QED) is 0.573. The van der Waals surface area contributed by atoms with Crippen molar-refractivity contribution >= 4 is 17.6 Å². The molecule has 168 valence electrons. The number of nitrogens with one attached hydrogen (secondary N) is 1. The summed E-state index contributed by atoms with van der Waals surface area (Å²) in [5.41, 5.74) is 3.24. The van der Waals surface area contributed by atoms with Crippen molar-refractivity contribution in [1.82, 2.24) is 14.7 Å². The van der Waals surface area contributed by atoms with Crippen LogP contribution >= 0.6 is 0 Å². The van der Waals surface area contributed by atoms with E-state index in [2.05, 4.69) is 26.1 Å². The van der Waals surface area contributed by atoms with Gasteiger partial charge in [0.15, 0.2) is 0 Å². The van der Waals surface area contributed by atoms with Crippen LogP contribution in [0.25, 0.3) is 5.69 Å². The molecule has 6 nitrogen and oxygen atoms in total. The van der Waals surface area contributed by atoms with E-state index in [1.165, 1.54) is 0 Å². The van der Waals surface area contributed by atoms with E-state index in [9.17, 15) is 9.59 Å². The second kappa shape index (κ2) is 9.81. The summed E-state index contributed by atoms with van der Waals surface area (Å²) in [4.78, 5) is 27.5. The highest BCUT2D eigenvalue weighted by molar-refractivity contribution is 5.99. The maximum Gasteiger partial charge on any atom is 0.254 e. The number of aromatic nitrogens is 2. The van der Waals surface area contributed by atoms with E-state index in [0.29, 0.717) is 17.9 Å². The maximum atomic E-state index is 13.0. The fraction of sp³-hybridized carbons (Fsp3) is 0.346. The molecule has 0 aliphatic heterocycles. The third-order valence-electron chi connectivity index (χ3n) is 5.22. The van der Waals surface area contributed by atoms with E-state index in [0.717, 1.165) is 23.4 Å². The van der Waals surface area contributed by atoms with E-state index in [4.69, 9.17) is 5.10 Å². The van der Waals surface area contributed by atoms with E-state index >= 15 is 0 Å². The van der Waals surface area contributed by atoms with E-state index in [-0.39, 0.29) is 23.8 Å². The van der Waals surface area contributed by atoms with Crippen LogP contribution in [0.4, 0.5) is 5.82 Å². The zero-order chi connectivity index (χ0) is 23.3. The summed E-state index contributed by atoms with van der Waals surface area (Å²) < 4.78 is 1.77. The normalized spacial score (nSPS) is 11.3. The Morgan fingerprint density at radius 2 is 1.69 bits per heavy atom. The fourth-order valence-electron chi connectivity index (χ4n) is 3.46. The molecule has 0 radical (unpaired) electrons. The van der Waals surface area contributed by atoms with Crippen molar-refractivity contribution in [3.8, 4) is 5.69 Å². The van der Waals surface area contributed by atoms with Crippen LogP contribution in [0, 0.1) is 6.92 Å². The van der Waals surface area contributed by atoms with Gasteiger partial charge in [0.25, 0.3) is 5.91 Å². The van der Waals surface area contributed by atoms with Gasteiger partial charge in [0.05, 0.1) is 11.4 Å². The van der Waals surface area contributed by atoms with Crippen LogP contribution in [-0.2, 0) is 10.2 Å². The molecule has 3 rings (SSSR count). The van der Waals surface area contributed by atoms with Crippen LogP contribution in [0.5, 0.6) is 0 Å². The lowest BCUT2D eigenvalue weighted by atomic mass is 9.92. The molecule has 0 bridgehead atoms. The first-order valence-electron chi connectivity index (χ1n) is 11.0. The first-order chi connectivity index (χ1) is 15.2. The Labute approximate surface area is 190 Å². The van der Waals surface area contributed by atoms with Crippen molar-refractivity contribution in [2.24, 2.45) is 0 Å². The smallest absolute Gasteiger partial charge is 0.254 e. The zero-order valence-electron chi connectivity index (χ0n) is 19.6. The molecule has 0 spiro atoms. The zero-order valence-corrected chi connectivity index (χ0v) is 19.6. The second-order valence-corrected chi connectivity index (χ2v) is 9.00. The van der Waals surface area contributed by atoms with Crippen LogP contribution < -0.4 is 5.32 Å². The van der Waals surface area contributed by atoms with Crippen LogP contribution in [-0.4, -0.2) is 39.6 Å². The number of hydrogen-bond donors (Lipinski definition) is 1. The monoisotopic (exact) mass is 432 g/mol. The van der Waals surface area contributed by atoms with Crippen LogP contribution in [0.2, 0.25) is 0 Å². The minimum absolute atomic E-state index is 0.0224. The molecular weight excluding hydrogens is 400 g/mol. The van der Waals surface area contributed by atoms with Crippen molar-refractivity contribution in [3.63, 3.8) is 0 Å². The lowest BCUT2D eigenvalue weighted by Gasteiger charge is -2.22. The number of anilines is 1. The Bertz CT molecular complexity index is 1080. The Kier molecular flexibility index (Phi) is 7.13. The molecule has 2 amide bonds. The third kappa shape index (κ3) is 5.44. The van der Waals surface area contributed by atoms with Crippen LogP contribution in [0.1, 0.15) is 55.7 Å². The molecule has 0 saturated heterocycles. The average molecular weight is 433 g/mol. The summed E-state index contributed by atoms with van der Waals surface area (Å²) in [6.45, 7) is 10.8. The molecule has 1 heterocycles. The highest BCUT2D eigenvalue weighted by Crippen LogP contribution is 2.27. The standard InChI is InChI=1S/C26H32N4O2/c1-6-16-29(25(32)20-13-8-7-9-14-20)18-24(31)27-23-17-22(26(3,4)5)28-30(23)21-15-11-10-12-19(21)2/h7-15,17H,6,16,18H2,1-5H3,(H,27,31). The molecule has 1 aromatic heterocycles. The summed E-state index contributed by atoms with van der Waals surface area (Å²) in [5, 5.41) is 7.78. The molecule has 32 heavy (non-hydrogen) atoms. The molecule has 0 aliphatic carbocycles. The fourth-order valence-corrected chi connectivity index (χ4v) is 3.46. The van der Waals surface area contributed by atoms with Crippen LogP contribution in [0.3, 0.4) is 0 Å². The first kappa shape index (κ1) is 23.3. The van der Waals surface area contributed by atoms with Gasteiger partial charge >= 0.3 is 0 Å². The largest absolute Gasteiger partial charge is 0.329 e. The molecule has 0 unspecified atom stereocenters. The molecule has 0 aliphatic rings. The SMILES string of the molecule is CCCN(CC(=O)Nc1cc(C(C)(C)C)nn1-c1ccccc1C)C(=O)c1ccccc1. The number of hydrogen-bond acceptors (Lipinski definition) is 3. The highest BCUT2D eigenvalue weighted by atomic mass is 16.2. The first-order valence-corrected chi connectivity index (χ1v) is 11.0. The second-order valence-electron chi connectivity index (χ2n) is 9.00. The lowest BCUT2D eigenvalue weighted by molar-refractivity contribution is -0.116. The minimum atomic E-state index is -0.252. The van der Waals surface area contributed by atoms with E-state index < -0.39 is 0 Å². The number of amides is 2. The molecule has 0 atom stereocenters. The Morgan fingerprint density at radius 3 is 2.31 bits per heavy atom. The van der Waals surface area contributed by atoms with Crippen molar-refractivity contribution < 1.29 is 9.59 Å². The van der Waals surface area contributed by atoms with Gasteiger partial charge in [-0.15, -0.1) is 0 Å².